The fraction of sp³-hybridized carbons (Fsp3) is 0.474. The van der Waals surface area contributed by atoms with Crippen LogP contribution >= 0.6 is 11.6 Å². The number of rotatable bonds is 4. The second-order valence-corrected chi connectivity index (χ2v) is 8.00. The van der Waals surface area contributed by atoms with Crippen molar-refractivity contribution in [1.29, 1.82) is 0 Å². The Morgan fingerprint density at radius 2 is 2.14 bits per heavy atom. The fourth-order valence-electron chi connectivity index (χ4n) is 4.75. The number of aromatic nitrogens is 3. The molecule has 0 radical (unpaired) electrons. The Labute approximate surface area is 167 Å². The lowest BCUT2D eigenvalue weighted by atomic mass is 9.87. The van der Waals surface area contributed by atoms with Crippen molar-refractivity contribution in [3.8, 4) is 0 Å². The Kier molecular flexibility index (Phi) is 4.53. The molecule has 2 aromatic heterocycles. The van der Waals surface area contributed by atoms with E-state index in [1.165, 1.54) is 18.5 Å². The first-order chi connectivity index (χ1) is 13.4. The fourth-order valence-corrected chi connectivity index (χ4v) is 5.03. The maximum atomic E-state index is 13.5. The molecule has 1 spiro atoms. The van der Waals surface area contributed by atoms with Crippen LogP contribution in [0, 0.1) is 11.8 Å². The number of hydrogen-bond donors (Lipinski definition) is 3. The molecule has 0 aromatic carbocycles. The maximum Gasteiger partial charge on any atom is 0.276 e. The summed E-state index contributed by atoms with van der Waals surface area (Å²) >= 11 is 6.46. The maximum absolute atomic E-state index is 13.5. The second kappa shape index (κ2) is 6.77. The number of nitrogens with zero attached hydrogens (tertiary/aromatic N) is 3. The van der Waals surface area contributed by atoms with E-state index in [1.54, 1.807) is 4.57 Å². The summed E-state index contributed by atoms with van der Waals surface area (Å²) in [5, 5.41) is 6.34. The SMILES string of the molecule is CCCC1CCC(C)C12NC(=O)c1c(Cl)cc(Nc3cc(N)ncn3)c(=O)n12. The molecule has 1 fully saturated rings. The number of hydrogen-bond acceptors (Lipinski definition) is 6. The Morgan fingerprint density at radius 1 is 1.36 bits per heavy atom. The molecule has 2 aromatic rings. The summed E-state index contributed by atoms with van der Waals surface area (Å²) in [6.07, 6.45) is 5.11. The van der Waals surface area contributed by atoms with Gasteiger partial charge in [0.2, 0.25) is 0 Å². The van der Waals surface area contributed by atoms with Crippen molar-refractivity contribution in [3.05, 3.63) is 39.5 Å². The van der Waals surface area contributed by atoms with Crippen LogP contribution < -0.4 is 21.9 Å². The Bertz CT molecular complexity index is 1000. The standard InChI is InChI=1S/C19H23ClN6O2/c1-3-4-11-6-5-10(2)19(11)25-17(27)16-12(20)7-13(18(28)26(16)19)24-15-8-14(21)22-9-23-15/h7-11H,3-6H2,1-2H3,(H,25,27)(H3,21,22,23,24). The third kappa shape index (κ3) is 2.66. The zero-order chi connectivity index (χ0) is 20.1. The summed E-state index contributed by atoms with van der Waals surface area (Å²) in [7, 11) is 0. The van der Waals surface area contributed by atoms with Crippen LogP contribution in [0.15, 0.2) is 23.3 Å². The quantitative estimate of drug-likeness (QED) is 0.724. The van der Waals surface area contributed by atoms with Gasteiger partial charge < -0.3 is 16.4 Å². The van der Waals surface area contributed by atoms with Gasteiger partial charge in [-0.15, -0.1) is 0 Å². The highest BCUT2D eigenvalue weighted by Crippen LogP contribution is 2.49. The largest absolute Gasteiger partial charge is 0.384 e. The van der Waals surface area contributed by atoms with Crippen LogP contribution in [0.4, 0.5) is 17.3 Å². The Hall–Kier alpha value is -2.61. The first-order valence-electron chi connectivity index (χ1n) is 9.51. The summed E-state index contributed by atoms with van der Waals surface area (Å²) in [5.74, 6) is 0.668. The van der Waals surface area contributed by atoms with Crippen LogP contribution in [-0.2, 0) is 5.66 Å². The van der Waals surface area contributed by atoms with Gasteiger partial charge in [-0.1, -0.05) is 31.9 Å². The molecular formula is C19H23ClN6O2. The smallest absolute Gasteiger partial charge is 0.276 e. The highest BCUT2D eigenvalue weighted by atomic mass is 35.5. The van der Waals surface area contributed by atoms with Gasteiger partial charge in [0.05, 0.1) is 5.02 Å². The molecule has 1 aliphatic carbocycles. The minimum Gasteiger partial charge on any atom is -0.384 e. The van der Waals surface area contributed by atoms with Crippen molar-refractivity contribution in [3.63, 3.8) is 0 Å². The summed E-state index contributed by atoms with van der Waals surface area (Å²) in [6.45, 7) is 4.19. The number of amides is 1. The van der Waals surface area contributed by atoms with Gasteiger partial charge in [-0.3, -0.25) is 14.2 Å². The number of nitrogens with one attached hydrogen (secondary N) is 2. The topological polar surface area (TPSA) is 115 Å². The van der Waals surface area contributed by atoms with Crippen LogP contribution in [0.25, 0.3) is 0 Å². The van der Waals surface area contributed by atoms with Crippen LogP contribution in [0.1, 0.15) is 50.0 Å². The molecular weight excluding hydrogens is 380 g/mol. The van der Waals surface area contributed by atoms with Crippen molar-refractivity contribution in [2.75, 3.05) is 11.1 Å². The molecule has 2 aliphatic rings. The van der Waals surface area contributed by atoms with Gasteiger partial charge in [-0.25, -0.2) is 9.97 Å². The van der Waals surface area contributed by atoms with Crippen LogP contribution in [0.3, 0.4) is 0 Å². The molecule has 1 saturated carbocycles. The van der Waals surface area contributed by atoms with Gasteiger partial charge in [0.25, 0.3) is 11.5 Å². The van der Waals surface area contributed by atoms with Gasteiger partial charge in [-0.2, -0.15) is 0 Å². The number of pyridine rings is 1. The van der Waals surface area contributed by atoms with E-state index in [0.717, 1.165) is 25.7 Å². The molecule has 4 rings (SSSR count). The molecule has 1 amide bonds. The Morgan fingerprint density at radius 3 is 2.86 bits per heavy atom. The van der Waals surface area contributed by atoms with Gasteiger partial charge in [0, 0.05) is 12.0 Å². The normalized spacial score (nSPS) is 25.8. The number of anilines is 3. The molecule has 148 valence electrons. The molecule has 1 aliphatic heterocycles. The summed E-state index contributed by atoms with van der Waals surface area (Å²) in [5.41, 5.74) is 5.13. The van der Waals surface area contributed by atoms with Gasteiger partial charge in [-0.05, 0) is 31.2 Å². The van der Waals surface area contributed by atoms with E-state index in [1.807, 2.05) is 0 Å². The van der Waals surface area contributed by atoms with Gasteiger partial charge in [0.1, 0.15) is 35.0 Å². The minimum absolute atomic E-state index is 0.118. The minimum atomic E-state index is -0.745. The van der Waals surface area contributed by atoms with E-state index in [4.69, 9.17) is 17.3 Å². The molecule has 0 saturated heterocycles. The molecule has 28 heavy (non-hydrogen) atoms. The van der Waals surface area contributed by atoms with Crippen molar-refractivity contribution >= 4 is 34.8 Å². The van der Waals surface area contributed by atoms with E-state index < -0.39 is 5.66 Å². The lowest BCUT2D eigenvalue weighted by molar-refractivity contribution is 0.0784. The highest BCUT2D eigenvalue weighted by molar-refractivity contribution is 6.34. The van der Waals surface area contributed by atoms with Crippen LogP contribution in [0.2, 0.25) is 5.02 Å². The van der Waals surface area contributed by atoms with E-state index in [9.17, 15) is 9.59 Å². The lowest BCUT2D eigenvalue weighted by Gasteiger charge is -2.37. The zero-order valence-electron chi connectivity index (χ0n) is 15.8. The van der Waals surface area contributed by atoms with Gasteiger partial charge >= 0.3 is 0 Å². The first kappa shape index (κ1) is 18.7. The van der Waals surface area contributed by atoms with Crippen molar-refractivity contribution in [2.45, 2.75) is 45.2 Å². The molecule has 3 heterocycles. The van der Waals surface area contributed by atoms with E-state index >= 15 is 0 Å². The second-order valence-electron chi connectivity index (χ2n) is 7.59. The average molecular weight is 403 g/mol. The third-order valence-electron chi connectivity index (χ3n) is 5.96. The molecule has 4 N–H and O–H groups in total. The summed E-state index contributed by atoms with van der Waals surface area (Å²) in [4.78, 5) is 34.2. The predicted molar refractivity (Wildman–Crippen MR) is 108 cm³/mol. The number of nitrogen functional groups attached to an aromatic ring is 1. The lowest BCUT2D eigenvalue weighted by Crippen LogP contribution is -2.54. The number of halogens is 1. The number of fused-ring (bicyclic) bond motifs is 2. The van der Waals surface area contributed by atoms with E-state index in [0.29, 0.717) is 5.82 Å². The molecule has 3 unspecified atom stereocenters. The highest BCUT2D eigenvalue weighted by Gasteiger charge is 2.56. The van der Waals surface area contributed by atoms with Crippen LogP contribution in [0.5, 0.6) is 0 Å². The first-order valence-corrected chi connectivity index (χ1v) is 9.89. The zero-order valence-corrected chi connectivity index (χ0v) is 16.6. The monoisotopic (exact) mass is 402 g/mol. The molecule has 9 heteroatoms. The summed E-state index contributed by atoms with van der Waals surface area (Å²) in [6, 6.07) is 3.00. The third-order valence-corrected chi connectivity index (χ3v) is 6.25. The van der Waals surface area contributed by atoms with Gasteiger partial charge in [0.15, 0.2) is 0 Å². The average Bonchev–Trinajstić information content (AvgIpc) is 3.12. The number of carbonyl (C=O) groups excluding carboxylic acids is 1. The predicted octanol–water partition coefficient (Wildman–Crippen LogP) is 2.86. The molecule has 0 bridgehead atoms. The molecule has 3 atom stereocenters. The summed E-state index contributed by atoms with van der Waals surface area (Å²) < 4.78 is 1.59. The van der Waals surface area contributed by atoms with Crippen molar-refractivity contribution in [1.82, 2.24) is 19.9 Å². The Balaban J connectivity index is 1.88. The van der Waals surface area contributed by atoms with Crippen molar-refractivity contribution < 1.29 is 4.79 Å². The number of carbonyl (C=O) groups is 1. The van der Waals surface area contributed by atoms with Crippen LogP contribution in [-0.4, -0.2) is 20.4 Å². The van der Waals surface area contributed by atoms with E-state index in [2.05, 4.69) is 34.4 Å². The van der Waals surface area contributed by atoms with E-state index in [-0.39, 0.29) is 45.5 Å². The number of nitrogens with two attached hydrogens (primary N) is 1. The molecule has 8 nitrogen and oxygen atoms in total. The van der Waals surface area contributed by atoms with Crippen molar-refractivity contribution in [2.24, 2.45) is 11.8 Å².